The molecule has 0 spiro atoms. The van der Waals surface area contributed by atoms with E-state index >= 15 is 0 Å². The first-order valence-electron chi connectivity index (χ1n) is 5.73. The summed E-state index contributed by atoms with van der Waals surface area (Å²) >= 11 is 0. The first-order chi connectivity index (χ1) is 9.19. The normalized spacial score (nSPS) is 9.95. The van der Waals surface area contributed by atoms with Crippen molar-refractivity contribution in [2.45, 2.75) is 6.42 Å². The summed E-state index contributed by atoms with van der Waals surface area (Å²) < 4.78 is 26.0. The van der Waals surface area contributed by atoms with Crippen LogP contribution in [0.15, 0.2) is 36.5 Å². The fourth-order valence-electron chi connectivity index (χ4n) is 1.72. The van der Waals surface area contributed by atoms with Crippen LogP contribution in [0, 0.1) is 23.0 Å². The lowest BCUT2D eigenvalue weighted by atomic mass is 10.1. The Hall–Kier alpha value is -2.48. The summed E-state index contributed by atoms with van der Waals surface area (Å²) in [4.78, 5) is 4.03. The Labute approximate surface area is 109 Å². The highest BCUT2D eigenvalue weighted by Crippen LogP contribution is 2.11. The number of aromatic nitrogens is 1. The van der Waals surface area contributed by atoms with Crippen molar-refractivity contribution in [3.8, 4) is 6.07 Å². The van der Waals surface area contributed by atoms with E-state index in [1.54, 1.807) is 18.3 Å². The lowest BCUT2D eigenvalue weighted by molar-refractivity contribution is 0.580. The van der Waals surface area contributed by atoms with Crippen LogP contribution >= 0.6 is 0 Å². The summed E-state index contributed by atoms with van der Waals surface area (Å²) in [5.74, 6) is -0.710. The molecule has 1 heterocycles. The summed E-state index contributed by atoms with van der Waals surface area (Å²) in [7, 11) is 0. The molecule has 0 aliphatic carbocycles. The van der Waals surface area contributed by atoms with E-state index in [0.29, 0.717) is 29.9 Å². The Morgan fingerprint density at radius 1 is 1.21 bits per heavy atom. The molecule has 0 unspecified atom stereocenters. The second kappa shape index (κ2) is 5.91. The Balaban J connectivity index is 1.98. The van der Waals surface area contributed by atoms with Crippen molar-refractivity contribution < 1.29 is 8.78 Å². The molecule has 0 fully saturated rings. The molecule has 5 heteroatoms. The molecule has 0 radical (unpaired) electrons. The van der Waals surface area contributed by atoms with Gasteiger partial charge in [-0.3, -0.25) is 0 Å². The third kappa shape index (κ3) is 3.49. The zero-order valence-corrected chi connectivity index (χ0v) is 10.0. The van der Waals surface area contributed by atoms with Gasteiger partial charge >= 0.3 is 0 Å². The molecule has 19 heavy (non-hydrogen) atoms. The average molecular weight is 259 g/mol. The van der Waals surface area contributed by atoms with Gasteiger partial charge in [-0.25, -0.2) is 13.8 Å². The maximum Gasteiger partial charge on any atom is 0.143 e. The van der Waals surface area contributed by atoms with E-state index in [-0.39, 0.29) is 0 Å². The lowest BCUT2D eigenvalue weighted by Gasteiger charge is -2.07. The minimum absolute atomic E-state index is 0.438. The standard InChI is InChI=1S/C14H11F2N3/c15-12-6-10(7-13(16)8-12)3-5-19-14-11(9-17)2-1-4-18-14/h1-2,4,6-8H,3,5H2,(H,18,19). The topological polar surface area (TPSA) is 48.7 Å². The molecule has 0 atom stereocenters. The van der Waals surface area contributed by atoms with Crippen molar-refractivity contribution in [2.24, 2.45) is 0 Å². The van der Waals surface area contributed by atoms with E-state index in [0.717, 1.165) is 6.07 Å². The number of benzene rings is 1. The first-order valence-corrected chi connectivity index (χ1v) is 5.73. The smallest absolute Gasteiger partial charge is 0.143 e. The van der Waals surface area contributed by atoms with Crippen LogP contribution in [0.2, 0.25) is 0 Å². The predicted molar refractivity (Wildman–Crippen MR) is 67.5 cm³/mol. The van der Waals surface area contributed by atoms with Gasteiger partial charge in [0.05, 0.1) is 5.56 Å². The van der Waals surface area contributed by atoms with Crippen LogP contribution in [-0.2, 0) is 6.42 Å². The third-order valence-electron chi connectivity index (χ3n) is 2.56. The summed E-state index contributed by atoms with van der Waals surface area (Å²) in [6, 6.07) is 8.75. The van der Waals surface area contributed by atoms with Gasteiger partial charge < -0.3 is 5.32 Å². The fraction of sp³-hybridized carbons (Fsp3) is 0.143. The van der Waals surface area contributed by atoms with Crippen molar-refractivity contribution in [1.29, 1.82) is 5.26 Å². The van der Waals surface area contributed by atoms with Gasteiger partial charge in [0.15, 0.2) is 0 Å². The van der Waals surface area contributed by atoms with Crippen LogP contribution in [0.3, 0.4) is 0 Å². The number of nitriles is 1. The summed E-state index contributed by atoms with van der Waals surface area (Å²) in [6.45, 7) is 0.439. The second-order valence-corrected chi connectivity index (χ2v) is 3.97. The number of anilines is 1. The number of pyridine rings is 1. The van der Waals surface area contributed by atoms with E-state index in [4.69, 9.17) is 5.26 Å². The van der Waals surface area contributed by atoms with Crippen molar-refractivity contribution in [3.05, 3.63) is 59.3 Å². The SMILES string of the molecule is N#Cc1cccnc1NCCc1cc(F)cc(F)c1. The predicted octanol–water partition coefficient (Wildman–Crippen LogP) is 2.89. The third-order valence-corrected chi connectivity index (χ3v) is 2.56. The van der Waals surface area contributed by atoms with E-state index in [1.165, 1.54) is 12.1 Å². The molecule has 3 nitrogen and oxygen atoms in total. The molecule has 0 aliphatic rings. The Morgan fingerprint density at radius 3 is 2.63 bits per heavy atom. The zero-order valence-electron chi connectivity index (χ0n) is 10.0. The maximum atomic E-state index is 13.0. The maximum absolute atomic E-state index is 13.0. The minimum atomic E-state index is -0.592. The van der Waals surface area contributed by atoms with Crippen LogP contribution in [0.1, 0.15) is 11.1 Å². The van der Waals surface area contributed by atoms with Gasteiger partial charge in [-0.2, -0.15) is 5.26 Å². The number of hydrogen-bond acceptors (Lipinski definition) is 3. The molecule has 2 aromatic rings. The minimum Gasteiger partial charge on any atom is -0.369 e. The quantitative estimate of drug-likeness (QED) is 0.918. The van der Waals surface area contributed by atoms with Crippen molar-refractivity contribution >= 4 is 5.82 Å². The number of hydrogen-bond donors (Lipinski definition) is 1. The monoisotopic (exact) mass is 259 g/mol. The number of nitrogens with one attached hydrogen (secondary N) is 1. The van der Waals surface area contributed by atoms with Crippen LogP contribution in [0.25, 0.3) is 0 Å². The van der Waals surface area contributed by atoms with E-state index in [1.807, 2.05) is 6.07 Å². The first kappa shape index (κ1) is 13.0. The molecule has 2 rings (SSSR count). The molecule has 0 saturated carbocycles. The molecule has 0 bridgehead atoms. The summed E-state index contributed by atoms with van der Waals surface area (Å²) in [5.41, 5.74) is 0.993. The van der Waals surface area contributed by atoms with Crippen LogP contribution in [0.5, 0.6) is 0 Å². The van der Waals surface area contributed by atoms with E-state index in [2.05, 4.69) is 10.3 Å². The molecular weight excluding hydrogens is 248 g/mol. The van der Waals surface area contributed by atoms with Crippen molar-refractivity contribution in [2.75, 3.05) is 11.9 Å². The Bertz CT molecular complexity index is 600. The molecule has 1 aromatic heterocycles. The molecule has 1 aromatic carbocycles. The molecule has 96 valence electrons. The van der Waals surface area contributed by atoms with E-state index < -0.39 is 11.6 Å². The molecule has 1 N–H and O–H groups in total. The summed E-state index contributed by atoms with van der Waals surface area (Å²) in [5, 5.41) is 11.9. The Kier molecular flexibility index (Phi) is 4.04. The second-order valence-electron chi connectivity index (χ2n) is 3.97. The highest BCUT2D eigenvalue weighted by Gasteiger charge is 2.03. The van der Waals surface area contributed by atoms with Gasteiger partial charge in [-0.05, 0) is 36.2 Å². The van der Waals surface area contributed by atoms with Crippen LogP contribution in [-0.4, -0.2) is 11.5 Å². The fourth-order valence-corrected chi connectivity index (χ4v) is 1.72. The van der Waals surface area contributed by atoms with Crippen LogP contribution in [0.4, 0.5) is 14.6 Å². The largest absolute Gasteiger partial charge is 0.369 e. The molecule has 0 amide bonds. The lowest BCUT2D eigenvalue weighted by Crippen LogP contribution is -2.08. The molecule has 0 saturated heterocycles. The van der Waals surface area contributed by atoms with Gasteiger partial charge in [0.2, 0.25) is 0 Å². The van der Waals surface area contributed by atoms with Gasteiger partial charge in [0, 0.05) is 18.8 Å². The molecule has 0 aliphatic heterocycles. The van der Waals surface area contributed by atoms with Crippen LogP contribution < -0.4 is 5.32 Å². The van der Waals surface area contributed by atoms with Gasteiger partial charge in [0.25, 0.3) is 0 Å². The van der Waals surface area contributed by atoms with Gasteiger partial charge in [-0.15, -0.1) is 0 Å². The number of halogens is 2. The molecular formula is C14H11F2N3. The van der Waals surface area contributed by atoms with Gasteiger partial charge in [-0.1, -0.05) is 0 Å². The summed E-state index contributed by atoms with van der Waals surface area (Å²) in [6.07, 6.45) is 2.02. The number of nitrogens with zero attached hydrogens (tertiary/aromatic N) is 2. The van der Waals surface area contributed by atoms with Gasteiger partial charge in [0.1, 0.15) is 23.5 Å². The zero-order chi connectivity index (χ0) is 13.7. The highest BCUT2D eigenvalue weighted by atomic mass is 19.1. The highest BCUT2D eigenvalue weighted by molar-refractivity contribution is 5.51. The van der Waals surface area contributed by atoms with E-state index in [9.17, 15) is 8.78 Å². The average Bonchev–Trinajstić information content (AvgIpc) is 2.38. The van der Waals surface area contributed by atoms with Crippen molar-refractivity contribution in [1.82, 2.24) is 4.98 Å². The number of rotatable bonds is 4. The Morgan fingerprint density at radius 2 is 1.95 bits per heavy atom. The van der Waals surface area contributed by atoms with Crippen molar-refractivity contribution in [3.63, 3.8) is 0 Å².